The van der Waals surface area contributed by atoms with E-state index in [2.05, 4.69) is 22.2 Å². The number of aryl methyl sites for hydroxylation is 1. The molecule has 4 aromatic rings. The molecule has 4 aromatic carbocycles. The zero-order valence-electron chi connectivity index (χ0n) is 28.1. The summed E-state index contributed by atoms with van der Waals surface area (Å²) in [4.78, 5) is 29.5. The molecule has 2 fully saturated rings. The van der Waals surface area contributed by atoms with Gasteiger partial charge in [0.1, 0.15) is 5.75 Å². The first-order chi connectivity index (χ1) is 24.0. The molecule has 0 aromatic heterocycles. The zero-order valence-corrected chi connectivity index (χ0v) is 28.1. The van der Waals surface area contributed by atoms with Gasteiger partial charge in [-0.2, -0.15) is 0 Å². The van der Waals surface area contributed by atoms with Crippen molar-refractivity contribution in [3.63, 3.8) is 0 Å². The van der Waals surface area contributed by atoms with Crippen LogP contribution in [0.4, 0.5) is 13.2 Å². The lowest BCUT2D eigenvalue weighted by Gasteiger charge is -2.25. The van der Waals surface area contributed by atoms with Crippen molar-refractivity contribution < 1.29 is 32.6 Å². The first-order valence-electron chi connectivity index (χ1n) is 17.3. The minimum Gasteiger partial charge on any atom is -0.406 e. The molecular weight excluding hydrogens is 641 g/mol. The number of nitrogens with zero attached hydrogens (tertiary/aromatic N) is 1. The van der Waals surface area contributed by atoms with Gasteiger partial charge < -0.3 is 20.1 Å². The van der Waals surface area contributed by atoms with Gasteiger partial charge in [0.15, 0.2) is 5.78 Å². The summed E-state index contributed by atoms with van der Waals surface area (Å²) in [7, 11) is 0. The van der Waals surface area contributed by atoms with Gasteiger partial charge in [-0.25, -0.2) is 0 Å². The third-order valence-corrected chi connectivity index (χ3v) is 9.87. The van der Waals surface area contributed by atoms with Gasteiger partial charge in [-0.3, -0.25) is 9.59 Å². The Balaban J connectivity index is 1.09. The molecule has 1 heterocycles. The predicted molar refractivity (Wildman–Crippen MR) is 186 cm³/mol. The van der Waals surface area contributed by atoms with Gasteiger partial charge in [0, 0.05) is 36.7 Å². The molecule has 1 saturated carbocycles. The van der Waals surface area contributed by atoms with Crippen LogP contribution in [-0.2, 0) is 13.0 Å². The van der Waals surface area contributed by atoms with Gasteiger partial charge in [-0.05, 0) is 103 Å². The Morgan fingerprint density at radius 3 is 2.36 bits per heavy atom. The Bertz CT molecular complexity index is 1760. The van der Waals surface area contributed by atoms with Crippen LogP contribution in [0.5, 0.6) is 5.75 Å². The summed E-state index contributed by atoms with van der Waals surface area (Å²) in [6, 6.07) is 31.2. The lowest BCUT2D eigenvalue weighted by atomic mass is 9.88. The van der Waals surface area contributed by atoms with Crippen molar-refractivity contribution in [1.29, 1.82) is 0 Å². The molecule has 1 aliphatic carbocycles. The molecule has 0 bridgehead atoms. The van der Waals surface area contributed by atoms with Crippen LogP contribution in [0.1, 0.15) is 74.7 Å². The molecule has 2 N–H and O–H groups in total. The lowest BCUT2D eigenvalue weighted by molar-refractivity contribution is -0.274. The molecule has 6 nitrogen and oxygen atoms in total. The van der Waals surface area contributed by atoms with Crippen molar-refractivity contribution in [2.45, 2.75) is 64.1 Å². The van der Waals surface area contributed by atoms with E-state index in [4.69, 9.17) is 0 Å². The fraction of sp³-hybridized carbons (Fsp3) is 0.366. The van der Waals surface area contributed by atoms with E-state index < -0.39 is 12.5 Å². The van der Waals surface area contributed by atoms with Crippen LogP contribution in [0.3, 0.4) is 0 Å². The van der Waals surface area contributed by atoms with Crippen LogP contribution in [0.25, 0.3) is 0 Å². The summed E-state index contributed by atoms with van der Waals surface area (Å²) in [6.07, 6.45) is -1.69. The van der Waals surface area contributed by atoms with E-state index in [9.17, 15) is 27.9 Å². The van der Waals surface area contributed by atoms with Crippen molar-refractivity contribution in [2.24, 2.45) is 17.8 Å². The average Bonchev–Trinajstić information content (AvgIpc) is 3.69. The minimum absolute atomic E-state index is 0.0206. The fourth-order valence-corrected chi connectivity index (χ4v) is 7.36. The monoisotopic (exact) mass is 684 g/mol. The summed E-state index contributed by atoms with van der Waals surface area (Å²) in [6.45, 7) is 3.08. The number of ether oxygens (including phenoxy) is 1. The number of halogens is 3. The highest BCUT2D eigenvalue weighted by Gasteiger charge is 2.45. The van der Waals surface area contributed by atoms with Crippen LogP contribution in [-0.4, -0.2) is 47.3 Å². The number of ketones is 1. The van der Waals surface area contributed by atoms with Crippen LogP contribution in [0.15, 0.2) is 103 Å². The molecule has 50 heavy (non-hydrogen) atoms. The highest BCUT2D eigenvalue weighted by Crippen LogP contribution is 2.46. The number of hydrogen-bond donors (Lipinski definition) is 2. The van der Waals surface area contributed by atoms with Crippen LogP contribution < -0.4 is 10.1 Å². The normalized spacial score (nSPS) is 19.9. The smallest absolute Gasteiger partial charge is 0.406 e. The molecule has 0 spiro atoms. The van der Waals surface area contributed by atoms with E-state index in [0.29, 0.717) is 36.1 Å². The number of benzene rings is 4. The molecule has 0 radical (unpaired) electrons. The largest absolute Gasteiger partial charge is 0.573 e. The van der Waals surface area contributed by atoms with Crippen LogP contribution >= 0.6 is 0 Å². The van der Waals surface area contributed by atoms with Crippen molar-refractivity contribution in [2.75, 3.05) is 13.1 Å². The number of hydrogen-bond acceptors (Lipinski definition) is 5. The molecule has 5 unspecified atom stereocenters. The number of rotatable bonds is 14. The molecule has 1 saturated heterocycles. The SMILES string of the molecule is Cc1cc(C(=O)C2CC2CC(Cc2ccccc2)C(O)CNCc2cccc(OC(F)(F)F)c2)cc(C(=O)N2CCCC2c2ccccc2)c1. The number of aliphatic hydroxyl groups excluding tert-OH is 1. The summed E-state index contributed by atoms with van der Waals surface area (Å²) in [5.41, 5.74) is 4.75. The molecule has 2 aliphatic rings. The zero-order chi connectivity index (χ0) is 35.3. The number of nitrogens with one attached hydrogen (secondary N) is 1. The number of carbonyl (C=O) groups is 2. The maximum Gasteiger partial charge on any atom is 0.573 e. The van der Waals surface area contributed by atoms with Gasteiger partial charge in [-0.15, -0.1) is 13.2 Å². The quantitative estimate of drug-likeness (QED) is 0.131. The summed E-state index contributed by atoms with van der Waals surface area (Å²) in [5.74, 6) is -0.546. The number of carbonyl (C=O) groups excluding carboxylic acids is 2. The van der Waals surface area contributed by atoms with Gasteiger partial charge in [0.25, 0.3) is 5.91 Å². The Morgan fingerprint density at radius 1 is 0.920 bits per heavy atom. The first kappa shape index (κ1) is 35.4. The van der Waals surface area contributed by atoms with Crippen LogP contribution in [0, 0.1) is 24.7 Å². The minimum atomic E-state index is -4.77. The average molecular weight is 685 g/mol. The third-order valence-electron chi connectivity index (χ3n) is 9.87. The molecule has 1 amide bonds. The van der Waals surface area contributed by atoms with Crippen molar-refractivity contribution in [3.8, 4) is 5.75 Å². The van der Waals surface area contributed by atoms with E-state index in [1.54, 1.807) is 12.1 Å². The van der Waals surface area contributed by atoms with Crippen molar-refractivity contribution >= 4 is 11.7 Å². The van der Waals surface area contributed by atoms with E-state index >= 15 is 0 Å². The molecule has 1 aliphatic heterocycles. The lowest BCUT2D eigenvalue weighted by Crippen LogP contribution is -2.34. The maximum absolute atomic E-state index is 13.8. The van der Waals surface area contributed by atoms with Gasteiger partial charge in [0.05, 0.1) is 12.1 Å². The van der Waals surface area contributed by atoms with E-state index in [-0.39, 0.29) is 54.3 Å². The number of likely N-dealkylation sites (tertiary alicyclic amines) is 1. The number of amides is 1. The van der Waals surface area contributed by atoms with E-state index in [1.807, 2.05) is 72.5 Å². The number of alkyl halides is 3. The second-order valence-corrected chi connectivity index (χ2v) is 13.7. The van der Waals surface area contributed by atoms with Gasteiger partial charge in [-0.1, -0.05) is 72.8 Å². The first-order valence-corrected chi connectivity index (χ1v) is 17.3. The topological polar surface area (TPSA) is 78.9 Å². The summed E-state index contributed by atoms with van der Waals surface area (Å²) >= 11 is 0. The maximum atomic E-state index is 13.8. The molecule has 5 atom stereocenters. The third kappa shape index (κ3) is 9.20. The van der Waals surface area contributed by atoms with Crippen molar-refractivity contribution in [3.05, 3.63) is 137 Å². The fourth-order valence-electron chi connectivity index (χ4n) is 7.36. The number of aliphatic hydroxyl groups is 1. The second-order valence-electron chi connectivity index (χ2n) is 13.7. The molecule has 9 heteroatoms. The Kier molecular flexibility index (Phi) is 11.0. The van der Waals surface area contributed by atoms with Crippen LogP contribution in [0.2, 0.25) is 0 Å². The number of Topliss-reactive ketones (excluding diaryl/α,β-unsaturated/α-hetero) is 1. The Morgan fingerprint density at radius 2 is 1.62 bits per heavy atom. The van der Waals surface area contributed by atoms with E-state index in [1.165, 1.54) is 18.2 Å². The standard InChI is InChI=1S/C41H43F3N2O4/c1-27-18-33(23-34(19-27)40(49)46-17-9-16-37(46)30-13-6-3-7-14-30)39(48)36-24-31(36)22-32(20-28-10-4-2-5-11-28)38(47)26-45-25-29-12-8-15-35(21-29)50-41(42,43)44/h2-8,10-15,18-19,21,23,31-32,36-38,45,47H,9,16-17,20,22,24-26H2,1H3. The summed E-state index contributed by atoms with van der Waals surface area (Å²) in [5, 5.41) is 14.5. The van der Waals surface area contributed by atoms with Crippen molar-refractivity contribution in [1.82, 2.24) is 10.2 Å². The summed E-state index contributed by atoms with van der Waals surface area (Å²) < 4.78 is 42.0. The molecule has 6 rings (SSSR count). The molecular formula is C41H43F3N2O4. The van der Waals surface area contributed by atoms with Gasteiger partial charge in [0.2, 0.25) is 0 Å². The van der Waals surface area contributed by atoms with E-state index in [0.717, 1.165) is 36.0 Å². The van der Waals surface area contributed by atoms with Gasteiger partial charge >= 0.3 is 6.36 Å². The Hall–Kier alpha value is -4.47. The highest BCUT2D eigenvalue weighted by molar-refractivity contribution is 6.03. The second kappa shape index (κ2) is 15.6. The predicted octanol–water partition coefficient (Wildman–Crippen LogP) is 8.09. The Labute approximate surface area is 291 Å². The molecule has 262 valence electrons. The highest BCUT2D eigenvalue weighted by atomic mass is 19.4.